The zero-order valence-electron chi connectivity index (χ0n) is 15.6. The van der Waals surface area contributed by atoms with Crippen LogP contribution in [0.2, 0.25) is 0 Å². The number of carbonyl (C=O) groups is 1. The minimum absolute atomic E-state index is 0.104. The fourth-order valence-electron chi connectivity index (χ4n) is 3.89. The van der Waals surface area contributed by atoms with E-state index in [0.29, 0.717) is 6.54 Å². The van der Waals surface area contributed by atoms with Crippen molar-refractivity contribution in [2.24, 2.45) is 0 Å². The van der Waals surface area contributed by atoms with Gasteiger partial charge in [-0.1, -0.05) is 60.7 Å². The summed E-state index contributed by atoms with van der Waals surface area (Å²) in [5.41, 5.74) is 2.27. The Labute approximate surface area is 160 Å². The van der Waals surface area contributed by atoms with Gasteiger partial charge in [-0.25, -0.2) is 0 Å². The highest BCUT2D eigenvalue weighted by Crippen LogP contribution is 2.18. The number of piperazine rings is 1. The molecule has 0 radical (unpaired) electrons. The molecule has 1 aliphatic heterocycles. The third kappa shape index (κ3) is 4.73. The van der Waals surface area contributed by atoms with Crippen LogP contribution in [0.5, 0.6) is 0 Å². The van der Waals surface area contributed by atoms with Crippen LogP contribution in [0.1, 0.15) is 5.56 Å². The van der Waals surface area contributed by atoms with Crippen molar-refractivity contribution in [2.75, 3.05) is 38.0 Å². The molecule has 0 bridgehead atoms. The molecule has 138 valence electrons. The quantitative estimate of drug-likeness (QED) is 0.617. The van der Waals surface area contributed by atoms with Gasteiger partial charge in [0.1, 0.15) is 32.7 Å². The number of nitrogens with one attached hydrogen (secondary N) is 3. The van der Waals surface area contributed by atoms with Gasteiger partial charge in [0, 0.05) is 11.3 Å². The topological polar surface area (TPSA) is 38.0 Å². The lowest BCUT2D eigenvalue weighted by molar-refractivity contribution is -1.02. The van der Waals surface area contributed by atoms with Gasteiger partial charge in [0.2, 0.25) is 0 Å². The molecule has 1 heterocycles. The Morgan fingerprint density at radius 3 is 2.22 bits per heavy atom. The number of carbonyl (C=O) groups excluding carboxylic acids is 1. The number of fused-ring (bicyclic) bond motifs is 1. The monoisotopic (exact) mass is 361 g/mol. The molecule has 0 unspecified atom stereocenters. The number of rotatable bonds is 5. The first-order valence-corrected chi connectivity index (χ1v) is 9.76. The van der Waals surface area contributed by atoms with Crippen LogP contribution in [0.3, 0.4) is 0 Å². The molecule has 1 amide bonds. The van der Waals surface area contributed by atoms with Crippen molar-refractivity contribution in [3.05, 3.63) is 78.4 Å². The molecule has 4 heteroatoms. The highest BCUT2D eigenvalue weighted by Gasteiger charge is 2.24. The van der Waals surface area contributed by atoms with Crippen LogP contribution >= 0.6 is 0 Å². The fourth-order valence-corrected chi connectivity index (χ4v) is 3.89. The summed E-state index contributed by atoms with van der Waals surface area (Å²) in [4.78, 5) is 15.4. The molecule has 0 atom stereocenters. The first-order chi connectivity index (χ1) is 13.3. The minimum atomic E-state index is 0.104. The standard InChI is InChI=1S/C23H25N3O/c27-23(24-22-11-10-20-8-4-5-9-21(20)16-22)18-26-14-12-25(13-15-26)17-19-6-2-1-3-7-19/h1-11,16H,12-15,17-18H2,(H,24,27)/p+2. The van der Waals surface area contributed by atoms with Gasteiger partial charge >= 0.3 is 0 Å². The Morgan fingerprint density at radius 1 is 0.778 bits per heavy atom. The lowest BCUT2D eigenvalue weighted by Gasteiger charge is -2.29. The number of quaternary nitrogens is 2. The molecule has 1 saturated heterocycles. The van der Waals surface area contributed by atoms with Crippen molar-refractivity contribution in [3.63, 3.8) is 0 Å². The maximum absolute atomic E-state index is 12.5. The Balaban J connectivity index is 1.26. The van der Waals surface area contributed by atoms with Crippen molar-refractivity contribution in [1.29, 1.82) is 0 Å². The molecule has 27 heavy (non-hydrogen) atoms. The average molecular weight is 361 g/mol. The Kier molecular flexibility index (Phi) is 5.47. The second-order valence-electron chi connectivity index (χ2n) is 7.45. The summed E-state index contributed by atoms with van der Waals surface area (Å²) in [6, 6.07) is 25.0. The Bertz CT molecular complexity index is 902. The molecule has 3 aromatic carbocycles. The predicted molar refractivity (Wildman–Crippen MR) is 109 cm³/mol. The maximum atomic E-state index is 12.5. The molecule has 0 aliphatic carbocycles. The number of amides is 1. The summed E-state index contributed by atoms with van der Waals surface area (Å²) >= 11 is 0. The van der Waals surface area contributed by atoms with Gasteiger partial charge < -0.3 is 15.1 Å². The number of hydrogen-bond acceptors (Lipinski definition) is 1. The summed E-state index contributed by atoms with van der Waals surface area (Å²) in [7, 11) is 0. The van der Waals surface area contributed by atoms with E-state index in [2.05, 4.69) is 53.8 Å². The summed E-state index contributed by atoms with van der Waals surface area (Å²) in [6.45, 7) is 5.96. The van der Waals surface area contributed by atoms with E-state index < -0.39 is 0 Å². The van der Waals surface area contributed by atoms with Gasteiger partial charge in [0.25, 0.3) is 5.91 Å². The lowest BCUT2D eigenvalue weighted by Crippen LogP contribution is -3.28. The summed E-state index contributed by atoms with van der Waals surface area (Å²) in [5, 5.41) is 5.41. The highest BCUT2D eigenvalue weighted by molar-refractivity contribution is 5.94. The van der Waals surface area contributed by atoms with Gasteiger partial charge in [-0.2, -0.15) is 0 Å². The molecule has 4 rings (SSSR count). The summed E-state index contributed by atoms with van der Waals surface area (Å²) in [5.74, 6) is 0.104. The smallest absolute Gasteiger partial charge is 0.279 e. The summed E-state index contributed by atoms with van der Waals surface area (Å²) in [6.07, 6.45) is 0. The van der Waals surface area contributed by atoms with E-state index in [1.807, 2.05) is 24.3 Å². The van der Waals surface area contributed by atoms with E-state index in [1.165, 1.54) is 15.8 Å². The van der Waals surface area contributed by atoms with E-state index in [9.17, 15) is 4.79 Å². The van der Waals surface area contributed by atoms with Gasteiger partial charge in [-0.15, -0.1) is 0 Å². The number of benzene rings is 3. The van der Waals surface area contributed by atoms with Crippen LogP contribution in [0.25, 0.3) is 10.8 Å². The van der Waals surface area contributed by atoms with Crippen LogP contribution in [0, 0.1) is 0 Å². The van der Waals surface area contributed by atoms with E-state index in [-0.39, 0.29) is 5.91 Å². The van der Waals surface area contributed by atoms with Gasteiger partial charge in [0.05, 0.1) is 0 Å². The molecule has 3 N–H and O–H groups in total. The lowest BCUT2D eigenvalue weighted by atomic mass is 10.1. The van der Waals surface area contributed by atoms with Crippen molar-refractivity contribution in [1.82, 2.24) is 0 Å². The van der Waals surface area contributed by atoms with Crippen LogP contribution < -0.4 is 15.1 Å². The molecule has 0 spiro atoms. The Morgan fingerprint density at radius 2 is 1.44 bits per heavy atom. The zero-order chi connectivity index (χ0) is 18.5. The Hall–Kier alpha value is -2.69. The molecular weight excluding hydrogens is 334 g/mol. The second kappa shape index (κ2) is 8.33. The SMILES string of the molecule is O=C(C[NH+]1CC[NH+](Cc2ccccc2)CC1)Nc1ccc2ccccc2c1. The van der Waals surface area contributed by atoms with Gasteiger partial charge in [-0.05, 0) is 22.9 Å². The fraction of sp³-hybridized carbons (Fsp3) is 0.261. The molecule has 1 fully saturated rings. The van der Waals surface area contributed by atoms with Crippen molar-refractivity contribution in [2.45, 2.75) is 6.54 Å². The zero-order valence-corrected chi connectivity index (χ0v) is 15.6. The molecule has 0 aromatic heterocycles. The van der Waals surface area contributed by atoms with Crippen LogP contribution in [0.15, 0.2) is 72.8 Å². The van der Waals surface area contributed by atoms with Crippen molar-refractivity contribution < 1.29 is 14.6 Å². The summed E-state index contributed by atoms with van der Waals surface area (Å²) < 4.78 is 0. The molecular formula is C23H27N3O+2. The largest absolute Gasteiger partial charge is 0.322 e. The normalized spacial score (nSPS) is 19.7. The van der Waals surface area contributed by atoms with E-state index in [1.54, 1.807) is 4.90 Å². The van der Waals surface area contributed by atoms with E-state index >= 15 is 0 Å². The van der Waals surface area contributed by atoms with Gasteiger partial charge in [-0.3, -0.25) is 4.79 Å². The van der Waals surface area contributed by atoms with Crippen molar-refractivity contribution in [3.8, 4) is 0 Å². The molecule has 0 saturated carbocycles. The van der Waals surface area contributed by atoms with Crippen LogP contribution in [-0.4, -0.2) is 38.6 Å². The van der Waals surface area contributed by atoms with Crippen LogP contribution in [-0.2, 0) is 11.3 Å². The highest BCUT2D eigenvalue weighted by atomic mass is 16.2. The third-order valence-electron chi connectivity index (χ3n) is 5.40. The van der Waals surface area contributed by atoms with Gasteiger partial charge in [0.15, 0.2) is 6.54 Å². The molecule has 4 nitrogen and oxygen atoms in total. The van der Waals surface area contributed by atoms with E-state index in [0.717, 1.165) is 43.8 Å². The van der Waals surface area contributed by atoms with E-state index in [4.69, 9.17) is 0 Å². The maximum Gasteiger partial charge on any atom is 0.279 e. The van der Waals surface area contributed by atoms with Crippen LogP contribution in [0.4, 0.5) is 5.69 Å². The second-order valence-corrected chi connectivity index (χ2v) is 7.45. The minimum Gasteiger partial charge on any atom is -0.322 e. The predicted octanol–water partition coefficient (Wildman–Crippen LogP) is 0.762. The first kappa shape index (κ1) is 17.7. The molecule has 3 aromatic rings. The number of hydrogen-bond donors (Lipinski definition) is 3. The third-order valence-corrected chi connectivity index (χ3v) is 5.40. The average Bonchev–Trinajstić information content (AvgIpc) is 2.70. The first-order valence-electron chi connectivity index (χ1n) is 9.76. The molecule has 1 aliphatic rings. The van der Waals surface area contributed by atoms with Crippen molar-refractivity contribution >= 4 is 22.4 Å². The number of anilines is 1.